The summed E-state index contributed by atoms with van der Waals surface area (Å²) in [6, 6.07) is 7.83. The zero-order chi connectivity index (χ0) is 12.3. The average molecular weight is 229 g/mol. The number of benzene rings is 1. The van der Waals surface area contributed by atoms with Crippen molar-refractivity contribution in [2.24, 2.45) is 0 Å². The van der Waals surface area contributed by atoms with Crippen LogP contribution in [0.1, 0.15) is 11.4 Å². The van der Waals surface area contributed by atoms with Crippen LogP contribution in [0, 0.1) is 6.92 Å². The van der Waals surface area contributed by atoms with Crippen LogP contribution in [0.15, 0.2) is 35.3 Å². The number of hydrogen-bond donors (Lipinski definition) is 2. The number of aromatic nitrogens is 2. The molecule has 0 saturated carbocycles. The molecule has 0 radical (unpaired) electrons. The van der Waals surface area contributed by atoms with Gasteiger partial charge in [0.15, 0.2) is 0 Å². The number of nitrogens with one attached hydrogen (secondary N) is 2. The first-order chi connectivity index (χ1) is 8.20. The average Bonchev–Trinajstić information content (AvgIpc) is 2.29. The van der Waals surface area contributed by atoms with Crippen LogP contribution < -0.4 is 10.9 Å². The van der Waals surface area contributed by atoms with Gasteiger partial charge in [0.25, 0.3) is 5.56 Å². The molecule has 0 amide bonds. The van der Waals surface area contributed by atoms with E-state index in [1.54, 1.807) is 6.20 Å². The van der Waals surface area contributed by atoms with Gasteiger partial charge in [0.05, 0.1) is 12.1 Å². The Labute approximate surface area is 99.7 Å². The quantitative estimate of drug-likeness (QED) is 0.837. The molecular weight excluding hydrogens is 214 g/mol. The Balaban J connectivity index is 2.43. The predicted molar refractivity (Wildman–Crippen MR) is 67.8 cm³/mol. The Morgan fingerprint density at radius 3 is 2.88 bits per heavy atom. The normalized spacial score (nSPS) is 10.5. The molecule has 2 aromatic rings. The van der Waals surface area contributed by atoms with Gasteiger partial charge in [0, 0.05) is 6.20 Å². The molecule has 0 fully saturated rings. The van der Waals surface area contributed by atoms with Crippen molar-refractivity contribution >= 4 is 0 Å². The lowest BCUT2D eigenvalue weighted by Crippen LogP contribution is -2.17. The van der Waals surface area contributed by atoms with Gasteiger partial charge in [0.1, 0.15) is 5.82 Å². The molecule has 0 bridgehead atoms. The van der Waals surface area contributed by atoms with Crippen LogP contribution in [0.3, 0.4) is 0 Å². The Kier molecular flexibility index (Phi) is 3.35. The van der Waals surface area contributed by atoms with Gasteiger partial charge in [-0.15, -0.1) is 0 Å². The van der Waals surface area contributed by atoms with Crippen molar-refractivity contribution < 1.29 is 0 Å². The second kappa shape index (κ2) is 4.93. The molecule has 1 heterocycles. The topological polar surface area (TPSA) is 57.8 Å². The Bertz CT molecular complexity index is 575. The molecule has 0 aliphatic carbocycles. The predicted octanol–water partition coefficient (Wildman–Crippen LogP) is 1.46. The minimum Gasteiger partial charge on any atom is -0.313 e. The third-order valence-corrected chi connectivity index (χ3v) is 2.53. The molecule has 4 nitrogen and oxygen atoms in total. The molecule has 0 spiro atoms. The fourth-order valence-corrected chi connectivity index (χ4v) is 1.71. The summed E-state index contributed by atoms with van der Waals surface area (Å²) in [5.41, 5.74) is 2.53. The third-order valence-electron chi connectivity index (χ3n) is 2.53. The van der Waals surface area contributed by atoms with E-state index in [4.69, 9.17) is 0 Å². The number of hydrogen-bond acceptors (Lipinski definition) is 3. The van der Waals surface area contributed by atoms with Crippen LogP contribution in [0.4, 0.5) is 0 Å². The molecule has 0 unspecified atom stereocenters. The third kappa shape index (κ3) is 2.60. The highest BCUT2D eigenvalue weighted by Crippen LogP contribution is 2.15. The summed E-state index contributed by atoms with van der Waals surface area (Å²) < 4.78 is 0. The number of aryl methyl sites for hydroxylation is 1. The van der Waals surface area contributed by atoms with Crippen molar-refractivity contribution in [2.75, 3.05) is 7.05 Å². The van der Waals surface area contributed by atoms with Crippen LogP contribution in [-0.2, 0) is 6.54 Å². The summed E-state index contributed by atoms with van der Waals surface area (Å²) in [6.45, 7) is 2.56. The first-order valence-corrected chi connectivity index (χ1v) is 5.50. The SMILES string of the molecule is CNCc1ncc(-c2cccc(C)c2)c(=O)[nH]1. The van der Waals surface area contributed by atoms with E-state index >= 15 is 0 Å². The van der Waals surface area contributed by atoms with Crippen molar-refractivity contribution in [3.63, 3.8) is 0 Å². The van der Waals surface area contributed by atoms with Gasteiger partial charge in [-0.25, -0.2) is 4.98 Å². The molecule has 88 valence electrons. The number of rotatable bonds is 3. The highest BCUT2D eigenvalue weighted by atomic mass is 16.1. The fourth-order valence-electron chi connectivity index (χ4n) is 1.71. The fraction of sp³-hybridized carbons (Fsp3) is 0.231. The largest absolute Gasteiger partial charge is 0.313 e. The maximum absolute atomic E-state index is 11.9. The summed E-state index contributed by atoms with van der Waals surface area (Å²) in [5.74, 6) is 0.647. The van der Waals surface area contributed by atoms with E-state index in [0.29, 0.717) is 17.9 Å². The lowest BCUT2D eigenvalue weighted by Gasteiger charge is -2.03. The summed E-state index contributed by atoms with van der Waals surface area (Å²) >= 11 is 0. The summed E-state index contributed by atoms with van der Waals surface area (Å²) in [7, 11) is 1.81. The van der Waals surface area contributed by atoms with Crippen molar-refractivity contribution in [1.82, 2.24) is 15.3 Å². The van der Waals surface area contributed by atoms with Gasteiger partial charge < -0.3 is 10.3 Å². The van der Waals surface area contributed by atoms with E-state index < -0.39 is 0 Å². The van der Waals surface area contributed by atoms with Crippen LogP contribution in [0.2, 0.25) is 0 Å². The monoisotopic (exact) mass is 229 g/mol. The molecule has 2 N–H and O–H groups in total. The number of aromatic amines is 1. The minimum atomic E-state index is -0.101. The van der Waals surface area contributed by atoms with Gasteiger partial charge in [0.2, 0.25) is 0 Å². The van der Waals surface area contributed by atoms with Gasteiger partial charge in [-0.3, -0.25) is 4.79 Å². The molecule has 1 aromatic carbocycles. The highest BCUT2D eigenvalue weighted by molar-refractivity contribution is 5.62. The standard InChI is InChI=1S/C13H15N3O/c1-9-4-3-5-10(6-9)11-7-15-12(8-14-2)16-13(11)17/h3-7,14H,8H2,1-2H3,(H,15,16,17). The number of nitrogens with zero attached hydrogens (tertiary/aromatic N) is 1. The van der Waals surface area contributed by atoms with Crippen LogP contribution in [0.25, 0.3) is 11.1 Å². The van der Waals surface area contributed by atoms with Gasteiger partial charge in [-0.2, -0.15) is 0 Å². The Hall–Kier alpha value is -1.94. The summed E-state index contributed by atoms with van der Waals surface area (Å²) in [4.78, 5) is 18.9. The second-order valence-corrected chi connectivity index (χ2v) is 3.97. The van der Waals surface area contributed by atoms with E-state index in [-0.39, 0.29) is 5.56 Å². The van der Waals surface area contributed by atoms with Gasteiger partial charge in [-0.1, -0.05) is 29.8 Å². The van der Waals surface area contributed by atoms with E-state index in [9.17, 15) is 4.79 Å². The Morgan fingerprint density at radius 2 is 2.24 bits per heavy atom. The molecule has 2 rings (SSSR count). The van der Waals surface area contributed by atoms with Crippen molar-refractivity contribution in [3.05, 3.63) is 52.2 Å². The van der Waals surface area contributed by atoms with Crippen molar-refractivity contribution in [3.8, 4) is 11.1 Å². The Morgan fingerprint density at radius 1 is 1.41 bits per heavy atom. The molecule has 0 aliphatic rings. The molecular formula is C13H15N3O. The lowest BCUT2D eigenvalue weighted by molar-refractivity contribution is 0.753. The molecule has 1 aromatic heterocycles. The molecule has 4 heteroatoms. The second-order valence-electron chi connectivity index (χ2n) is 3.97. The zero-order valence-electron chi connectivity index (χ0n) is 9.95. The first-order valence-electron chi connectivity index (χ1n) is 5.50. The van der Waals surface area contributed by atoms with E-state index in [2.05, 4.69) is 15.3 Å². The smallest absolute Gasteiger partial charge is 0.258 e. The maximum Gasteiger partial charge on any atom is 0.258 e. The summed E-state index contributed by atoms with van der Waals surface area (Å²) in [5, 5.41) is 2.95. The first kappa shape index (κ1) is 11.5. The molecule has 17 heavy (non-hydrogen) atoms. The minimum absolute atomic E-state index is 0.101. The highest BCUT2D eigenvalue weighted by Gasteiger charge is 2.04. The van der Waals surface area contributed by atoms with Crippen LogP contribution in [0.5, 0.6) is 0 Å². The van der Waals surface area contributed by atoms with Crippen LogP contribution in [-0.4, -0.2) is 17.0 Å². The molecule has 0 saturated heterocycles. The zero-order valence-corrected chi connectivity index (χ0v) is 9.95. The van der Waals surface area contributed by atoms with E-state index in [0.717, 1.165) is 11.1 Å². The van der Waals surface area contributed by atoms with E-state index in [1.165, 1.54) is 0 Å². The molecule has 0 aliphatic heterocycles. The molecule has 0 atom stereocenters. The van der Waals surface area contributed by atoms with Crippen molar-refractivity contribution in [2.45, 2.75) is 13.5 Å². The maximum atomic E-state index is 11.9. The van der Waals surface area contributed by atoms with Gasteiger partial charge >= 0.3 is 0 Å². The van der Waals surface area contributed by atoms with E-state index in [1.807, 2.05) is 38.2 Å². The van der Waals surface area contributed by atoms with Crippen molar-refractivity contribution in [1.29, 1.82) is 0 Å². The lowest BCUT2D eigenvalue weighted by atomic mass is 10.1. The van der Waals surface area contributed by atoms with Crippen LogP contribution >= 0.6 is 0 Å². The number of H-pyrrole nitrogens is 1. The van der Waals surface area contributed by atoms with Gasteiger partial charge in [-0.05, 0) is 19.5 Å². The summed E-state index contributed by atoms with van der Waals surface area (Å²) in [6.07, 6.45) is 1.63.